The first-order valence-corrected chi connectivity index (χ1v) is 18.1. The van der Waals surface area contributed by atoms with Crippen molar-refractivity contribution in [3.05, 3.63) is 59.2 Å². The number of nitrogens with zero attached hydrogens (tertiary/aromatic N) is 2. The van der Waals surface area contributed by atoms with Gasteiger partial charge in [-0.15, -0.1) is 0 Å². The Morgan fingerprint density at radius 2 is 1.67 bits per heavy atom. The SMILES string of the molecule is COCCCN1CCOc2ccc(CO[C@H]3CN(C(=O)O)C[C@@H](OCC[C@@H](C)OS(C)(=O)=O)[C@@H]3c3ccc(COCCOC)cc3)cc21. The van der Waals surface area contributed by atoms with Crippen molar-refractivity contribution in [1.29, 1.82) is 0 Å². The van der Waals surface area contributed by atoms with Gasteiger partial charge in [0.05, 0.1) is 76.3 Å². The average Bonchev–Trinajstić information content (AvgIpc) is 3.05. The standard InChI is InChI=1S/C34H50N2O11S/c1-25(47-48(4,39)40)12-16-44-31-21-36(34(37)38)22-32(33(31)28-9-6-26(7-10-28)23-43-19-18-42-3)46-24-27-8-11-30-29(20-27)35(14-17-45-30)13-5-15-41-2/h6-11,20,25,31-33H,5,12-19,21-24H2,1-4H3,(H,37,38)/t25-,31-,32+,33+/m1/s1. The summed E-state index contributed by atoms with van der Waals surface area (Å²) in [7, 11) is -0.294. The van der Waals surface area contributed by atoms with Gasteiger partial charge in [0.15, 0.2) is 0 Å². The number of anilines is 1. The van der Waals surface area contributed by atoms with Crippen LogP contribution in [0.3, 0.4) is 0 Å². The Hall–Kier alpha value is -2.98. The van der Waals surface area contributed by atoms with Gasteiger partial charge in [-0.2, -0.15) is 8.42 Å². The minimum atomic E-state index is -3.62. The number of hydrogen-bond acceptors (Lipinski definition) is 11. The van der Waals surface area contributed by atoms with Gasteiger partial charge in [0, 0.05) is 39.9 Å². The third-order valence-electron chi connectivity index (χ3n) is 8.36. The molecule has 0 spiro atoms. The minimum Gasteiger partial charge on any atom is -0.490 e. The van der Waals surface area contributed by atoms with Crippen molar-refractivity contribution in [2.24, 2.45) is 0 Å². The molecular formula is C34H50N2O11S. The fraction of sp³-hybridized carbons (Fsp3) is 0.618. The van der Waals surface area contributed by atoms with Crippen LogP contribution in [-0.2, 0) is 51.2 Å². The van der Waals surface area contributed by atoms with E-state index in [0.717, 1.165) is 53.9 Å². The predicted molar refractivity (Wildman–Crippen MR) is 179 cm³/mol. The monoisotopic (exact) mass is 694 g/mol. The van der Waals surface area contributed by atoms with Gasteiger partial charge < -0.3 is 43.3 Å². The summed E-state index contributed by atoms with van der Waals surface area (Å²) in [5, 5.41) is 10.0. The number of rotatable bonds is 19. The Balaban J connectivity index is 1.54. The van der Waals surface area contributed by atoms with Crippen LogP contribution in [0, 0.1) is 0 Å². The van der Waals surface area contributed by atoms with E-state index < -0.39 is 34.5 Å². The molecule has 0 saturated carbocycles. The van der Waals surface area contributed by atoms with Crippen LogP contribution in [0.1, 0.15) is 42.4 Å². The molecule has 1 fully saturated rings. The van der Waals surface area contributed by atoms with Gasteiger partial charge in [-0.05, 0) is 48.6 Å². The topological polar surface area (TPSA) is 143 Å². The highest BCUT2D eigenvalue weighted by molar-refractivity contribution is 7.86. The van der Waals surface area contributed by atoms with E-state index in [-0.39, 0.29) is 32.2 Å². The molecule has 0 radical (unpaired) electrons. The molecule has 2 heterocycles. The van der Waals surface area contributed by atoms with E-state index in [1.165, 1.54) is 4.90 Å². The zero-order valence-corrected chi connectivity index (χ0v) is 29.2. The number of ether oxygens (including phenoxy) is 6. The van der Waals surface area contributed by atoms with Crippen LogP contribution in [0.15, 0.2) is 42.5 Å². The molecule has 1 N–H and O–H groups in total. The van der Waals surface area contributed by atoms with Crippen molar-refractivity contribution in [3.8, 4) is 5.75 Å². The molecular weight excluding hydrogens is 644 g/mol. The van der Waals surface area contributed by atoms with E-state index in [1.807, 2.05) is 36.4 Å². The number of fused-ring (bicyclic) bond motifs is 1. The minimum absolute atomic E-state index is 0.135. The van der Waals surface area contributed by atoms with Crippen LogP contribution in [0.2, 0.25) is 0 Å². The highest BCUT2D eigenvalue weighted by Gasteiger charge is 2.41. The molecule has 2 aliphatic heterocycles. The van der Waals surface area contributed by atoms with Crippen LogP contribution < -0.4 is 9.64 Å². The normalized spacial score (nSPS) is 20.3. The van der Waals surface area contributed by atoms with E-state index in [0.29, 0.717) is 39.5 Å². The molecule has 13 nitrogen and oxygen atoms in total. The van der Waals surface area contributed by atoms with E-state index in [9.17, 15) is 18.3 Å². The average molecular weight is 695 g/mol. The third-order valence-corrected chi connectivity index (χ3v) is 9.03. The number of amides is 1. The van der Waals surface area contributed by atoms with Crippen LogP contribution in [0.5, 0.6) is 5.75 Å². The van der Waals surface area contributed by atoms with Gasteiger partial charge in [-0.25, -0.2) is 4.79 Å². The predicted octanol–water partition coefficient (Wildman–Crippen LogP) is 3.89. The number of benzene rings is 2. The molecule has 14 heteroatoms. The maximum absolute atomic E-state index is 12.3. The second kappa shape index (κ2) is 18.7. The second-order valence-electron chi connectivity index (χ2n) is 12.1. The molecule has 1 amide bonds. The van der Waals surface area contributed by atoms with Crippen molar-refractivity contribution < 1.29 is 50.9 Å². The summed E-state index contributed by atoms with van der Waals surface area (Å²) < 4.78 is 63.0. The van der Waals surface area contributed by atoms with Gasteiger partial charge in [-0.1, -0.05) is 30.3 Å². The molecule has 1 saturated heterocycles. The Labute approximate surface area is 284 Å². The van der Waals surface area contributed by atoms with Crippen LogP contribution in [-0.4, -0.2) is 123 Å². The number of carboxylic acid groups (broad SMARTS) is 1. The summed E-state index contributed by atoms with van der Waals surface area (Å²) in [6.07, 6.45) is -0.528. The zero-order chi connectivity index (χ0) is 34.5. The lowest BCUT2D eigenvalue weighted by atomic mass is 9.84. The Morgan fingerprint density at radius 3 is 2.35 bits per heavy atom. The summed E-state index contributed by atoms with van der Waals surface area (Å²) in [5.41, 5.74) is 3.88. The summed E-state index contributed by atoms with van der Waals surface area (Å²) in [6, 6.07) is 14.0. The van der Waals surface area contributed by atoms with Gasteiger partial charge in [0.25, 0.3) is 10.1 Å². The summed E-state index contributed by atoms with van der Waals surface area (Å²) >= 11 is 0. The highest BCUT2D eigenvalue weighted by atomic mass is 32.2. The summed E-state index contributed by atoms with van der Waals surface area (Å²) in [5.74, 6) is 0.519. The second-order valence-corrected chi connectivity index (χ2v) is 13.7. The van der Waals surface area contributed by atoms with Crippen LogP contribution >= 0.6 is 0 Å². The van der Waals surface area contributed by atoms with Crippen molar-refractivity contribution >= 4 is 21.9 Å². The van der Waals surface area contributed by atoms with Crippen molar-refractivity contribution in [2.45, 2.75) is 57.2 Å². The summed E-state index contributed by atoms with van der Waals surface area (Å²) in [6.45, 7) is 6.72. The number of likely N-dealkylation sites (tertiary alicyclic amines) is 1. The molecule has 48 heavy (non-hydrogen) atoms. The molecule has 2 aromatic carbocycles. The molecule has 4 rings (SSSR count). The third kappa shape index (κ3) is 11.6. The lowest BCUT2D eigenvalue weighted by Crippen LogP contribution is -2.54. The first-order chi connectivity index (χ1) is 23.1. The van der Waals surface area contributed by atoms with E-state index in [1.54, 1.807) is 21.1 Å². The van der Waals surface area contributed by atoms with Crippen LogP contribution in [0.25, 0.3) is 0 Å². The smallest absolute Gasteiger partial charge is 0.407 e. The van der Waals surface area contributed by atoms with Gasteiger partial charge in [0.1, 0.15) is 12.4 Å². The molecule has 4 atom stereocenters. The Bertz CT molecular complexity index is 1390. The highest BCUT2D eigenvalue weighted by Crippen LogP contribution is 2.36. The van der Waals surface area contributed by atoms with Gasteiger partial charge in [0.2, 0.25) is 0 Å². The molecule has 2 aromatic rings. The molecule has 268 valence electrons. The quantitative estimate of drug-likeness (QED) is 0.168. The molecule has 0 aliphatic carbocycles. The Morgan fingerprint density at radius 1 is 0.958 bits per heavy atom. The van der Waals surface area contributed by atoms with Gasteiger partial charge >= 0.3 is 6.09 Å². The van der Waals surface area contributed by atoms with Crippen molar-refractivity contribution in [2.75, 3.05) is 84.6 Å². The van der Waals surface area contributed by atoms with E-state index >= 15 is 0 Å². The molecule has 0 aromatic heterocycles. The lowest BCUT2D eigenvalue weighted by Gasteiger charge is -2.42. The summed E-state index contributed by atoms with van der Waals surface area (Å²) in [4.78, 5) is 15.9. The maximum atomic E-state index is 12.3. The number of hydrogen-bond donors (Lipinski definition) is 1. The zero-order valence-electron chi connectivity index (χ0n) is 28.4. The van der Waals surface area contributed by atoms with Crippen LogP contribution in [0.4, 0.5) is 10.5 Å². The number of carbonyl (C=O) groups is 1. The van der Waals surface area contributed by atoms with Gasteiger partial charge in [-0.3, -0.25) is 4.18 Å². The molecule has 2 aliphatic rings. The fourth-order valence-corrected chi connectivity index (χ4v) is 6.71. The molecule has 0 unspecified atom stereocenters. The first-order valence-electron chi connectivity index (χ1n) is 16.3. The fourth-order valence-electron chi connectivity index (χ4n) is 6.02. The van der Waals surface area contributed by atoms with Crippen molar-refractivity contribution in [3.63, 3.8) is 0 Å². The first kappa shape index (κ1) is 37.8. The maximum Gasteiger partial charge on any atom is 0.407 e. The Kier molecular flexibility index (Phi) is 14.7. The van der Waals surface area contributed by atoms with Crippen molar-refractivity contribution in [1.82, 2.24) is 4.90 Å². The number of methoxy groups -OCH3 is 2. The lowest BCUT2D eigenvalue weighted by molar-refractivity contribution is -0.0916. The largest absolute Gasteiger partial charge is 0.490 e. The van der Waals surface area contributed by atoms with E-state index in [4.69, 9.17) is 32.6 Å². The molecule has 0 bridgehead atoms. The number of piperidine rings is 1. The van der Waals surface area contributed by atoms with E-state index in [2.05, 4.69) is 11.0 Å².